The highest BCUT2D eigenvalue weighted by Crippen LogP contribution is 2.15. The molecule has 0 aliphatic heterocycles. The summed E-state index contributed by atoms with van der Waals surface area (Å²) in [5.74, 6) is -0.544. The summed E-state index contributed by atoms with van der Waals surface area (Å²) >= 11 is 0. The van der Waals surface area contributed by atoms with Gasteiger partial charge in [-0.1, -0.05) is 18.2 Å². The second-order valence-corrected chi connectivity index (χ2v) is 4.86. The smallest absolute Gasteiger partial charge is 0.276 e. The van der Waals surface area contributed by atoms with Crippen LogP contribution in [0.1, 0.15) is 15.9 Å². The van der Waals surface area contributed by atoms with Gasteiger partial charge in [-0.05, 0) is 30.7 Å². The number of ether oxygens (including phenoxy) is 1. The normalized spacial score (nSPS) is 9.88. The number of aryl methyl sites for hydroxylation is 1. The number of rotatable bonds is 5. The van der Waals surface area contributed by atoms with Crippen molar-refractivity contribution < 1.29 is 19.2 Å². The van der Waals surface area contributed by atoms with Gasteiger partial charge in [0, 0.05) is 17.7 Å². The number of hydrogen-bond donors (Lipinski definition) is 2. The summed E-state index contributed by atoms with van der Waals surface area (Å²) in [6.07, 6.45) is 0. The van der Waals surface area contributed by atoms with E-state index < -0.39 is 16.7 Å². The number of amides is 2. The summed E-state index contributed by atoms with van der Waals surface area (Å²) in [7, 11) is 0. The Morgan fingerprint density at radius 1 is 1.08 bits per heavy atom. The number of nitrogens with one attached hydrogen (secondary N) is 2. The van der Waals surface area contributed by atoms with Gasteiger partial charge in [-0.15, -0.1) is 0 Å². The highest BCUT2D eigenvalue weighted by Gasteiger charge is 2.11. The van der Waals surface area contributed by atoms with E-state index in [2.05, 4.69) is 10.9 Å². The zero-order valence-corrected chi connectivity index (χ0v) is 12.8. The zero-order valence-electron chi connectivity index (χ0n) is 12.8. The number of non-ortho nitro benzene ring substituents is 1. The third-order valence-corrected chi connectivity index (χ3v) is 3.11. The summed E-state index contributed by atoms with van der Waals surface area (Å²) in [6, 6.07) is 12.2. The van der Waals surface area contributed by atoms with Crippen molar-refractivity contribution in [3.05, 3.63) is 69.8 Å². The van der Waals surface area contributed by atoms with Crippen LogP contribution in [0.2, 0.25) is 0 Å². The predicted octanol–water partition coefficient (Wildman–Crippen LogP) is 1.74. The summed E-state index contributed by atoms with van der Waals surface area (Å²) in [5, 5.41) is 10.5. The van der Waals surface area contributed by atoms with Crippen LogP contribution in [0.15, 0.2) is 48.5 Å². The van der Waals surface area contributed by atoms with Crippen LogP contribution in [0.4, 0.5) is 5.69 Å². The number of hydrazine groups is 1. The van der Waals surface area contributed by atoms with Gasteiger partial charge < -0.3 is 4.74 Å². The van der Waals surface area contributed by atoms with Crippen molar-refractivity contribution in [1.82, 2.24) is 10.9 Å². The molecule has 0 aliphatic carbocycles. The van der Waals surface area contributed by atoms with Crippen molar-refractivity contribution in [2.45, 2.75) is 6.92 Å². The maximum absolute atomic E-state index is 11.8. The van der Waals surface area contributed by atoms with E-state index in [0.717, 1.165) is 5.56 Å². The van der Waals surface area contributed by atoms with Crippen molar-refractivity contribution in [2.24, 2.45) is 0 Å². The molecule has 24 heavy (non-hydrogen) atoms. The SMILES string of the molecule is Cc1ccccc1OCC(=O)NNC(=O)c1ccc([N+](=O)[O-])cc1. The second-order valence-electron chi connectivity index (χ2n) is 4.86. The molecule has 0 unspecified atom stereocenters. The van der Waals surface area contributed by atoms with Crippen LogP contribution in [0, 0.1) is 17.0 Å². The van der Waals surface area contributed by atoms with E-state index in [0.29, 0.717) is 5.75 Å². The number of hydrogen-bond acceptors (Lipinski definition) is 5. The van der Waals surface area contributed by atoms with Crippen molar-refractivity contribution in [3.63, 3.8) is 0 Å². The van der Waals surface area contributed by atoms with Gasteiger partial charge in [0.2, 0.25) is 0 Å². The standard InChI is InChI=1S/C16H15N3O5/c1-11-4-2-3-5-14(11)24-10-15(20)17-18-16(21)12-6-8-13(9-7-12)19(22)23/h2-9H,10H2,1H3,(H,17,20)(H,18,21). The van der Waals surface area contributed by atoms with E-state index in [9.17, 15) is 19.7 Å². The molecule has 124 valence electrons. The van der Waals surface area contributed by atoms with Gasteiger partial charge in [0.05, 0.1) is 4.92 Å². The first-order valence-electron chi connectivity index (χ1n) is 6.99. The molecule has 0 spiro atoms. The molecule has 2 N–H and O–H groups in total. The van der Waals surface area contributed by atoms with Gasteiger partial charge in [-0.25, -0.2) is 0 Å². The number of nitrogens with zero attached hydrogens (tertiary/aromatic N) is 1. The van der Waals surface area contributed by atoms with Crippen LogP contribution in [-0.2, 0) is 4.79 Å². The molecule has 0 saturated carbocycles. The Kier molecular flexibility index (Phi) is 5.45. The van der Waals surface area contributed by atoms with Gasteiger partial charge >= 0.3 is 0 Å². The molecule has 2 aromatic rings. The van der Waals surface area contributed by atoms with Crippen LogP contribution in [-0.4, -0.2) is 23.3 Å². The molecule has 2 rings (SSSR count). The van der Waals surface area contributed by atoms with E-state index in [1.807, 2.05) is 19.1 Å². The molecule has 2 amide bonds. The largest absolute Gasteiger partial charge is 0.483 e. The number of nitro groups is 1. The highest BCUT2D eigenvalue weighted by molar-refractivity contribution is 5.95. The lowest BCUT2D eigenvalue weighted by atomic mass is 10.2. The van der Waals surface area contributed by atoms with E-state index >= 15 is 0 Å². The molecule has 0 aromatic heterocycles. The molecule has 0 saturated heterocycles. The molecule has 0 radical (unpaired) electrons. The summed E-state index contributed by atoms with van der Waals surface area (Å²) in [4.78, 5) is 33.5. The van der Waals surface area contributed by atoms with Crippen LogP contribution < -0.4 is 15.6 Å². The molecular formula is C16H15N3O5. The van der Waals surface area contributed by atoms with Crippen molar-refractivity contribution in [2.75, 3.05) is 6.61 Å². The van der Waals surface area contributed by atoms with Gasteiger partial charge in [0.15, 0.2) is 6.61 Å². The van der Waals surface area contributed by atoms with E-state index in [4.69, 9.17) is 4.74 Å². The van der Waals surface area contributed by atoms with E-state index in [1.54, 1.807) is 12.1 Å². The van der Waals surface area contributed by atoms with Gasteiger partial charge in [0.1, 0.15) is 5.75 Å². The monoisotopic (exact) mass is 329 g/mol. The minimum absolute atomic E-state index is 0.123. The van der Waals surface area contributed by atoms with Crippen molar-refractivity contribution in [3.8, 4) is 5.75 Å². The molecule has 8 heteroatoms. The number of para-hydroxylation sites is 1. The van der Waals surface area contributed by atoms with Gasteiger partial charge in [0.25, 0.3) is 17.5 Å². The van der Waals surface area contributed by atoms with E-state index in [-0.39, 0.29) is 17.9 Å². The Bertz CT molecular complexity index is 759. The fraction of sp³-hybridized carbons (Fsp3) is 0.125. The fourth-order valence-electron chi connectivity index (χ4n) is 1.83. The molecule has 0 heterocycles. The fourth-order valence-corrected chi connectivity index (χ4v) is 1.83. The maximum atomic E-state index is 11.8. The third-order valence-electron chi connectivity index (χ3n) is 3.11. The summed E-state index contributed by atoms with van der Waals surface area (Å²) in [6.45, 7) is 1.59. The lowest BCUT2D eigenvalue weighted by Gasteiger charge is -2.10. The predicted molar refractivity (Wildman–Crippen MR) is 85.4 cm³/mol. The van der Waals surface area contributed by atoms with Crippen LogP contribution in [0.5, 0.6) is 5.75 Å². The maximum Gasteiger partial charge on any atom is 0.276 e. The Hall–Kier alpha value is -3.42. The first kappa shape index (κ1) is 16.9. The Morgan fingerprint density at radius 3 is 2.38 bits per heavy atom. The van der Waals surface area contributed by atoms with Crippen LogP contribution in [0.3, 0.4) is 0 Å². The Balaban J connectivity index is 1.81. The topological polar surface area (TPSA) is 111 Å². The minimum atomic E-state index is -0.589. The number of carbonyl (C=O) groups excluding carboxylic acids is 2. The highest BCUT2D eigenvalue weighted by atomic mass is 16.6. The van der Waals surface area contributed by atoms with E-state index in [1.165, 1.54) is 24.3 Å². The molecule has 8 nitrogen and oxygen atoms in total. The van der Waals surface area contributed by atoms with Gasteiger partial charge in [-0.3, -0.25) is 30.6 Å². The third kappa shape index (κ3) is 4.54. The summed E-state index contributed by atoms with van der Waals surface area (Å²) in [5.41, 5.74) is 5.37. The van der Waals surface area contributed by atoms with Gasteiger partial charge in [-0.2, -0.15) is 0 Å². The molecule has 0 bridgehead atoms. The summed E-state index contributed by atoms with van der Waals surface area (Å²) < 4.78 is 5.34. The Labute approximate surface area is 137 Å². The van der Waals surface area contributed by atoms with Crippen molar-refractivity contribution >= 4 is 17.5 Å². The first-order valence-corrected chi connectivity index (χ1v) is 6.99. The second kappa shape index (κ2) is 7.73. The number of nitro benzene ring substituents is 1. The lowest BCUT2D eigenvalue weighted by molar-refractivity contribution is -0.384. The zero-order chi connectivity index (χ0) is 17.5. The quantitative estimate of drug-likeness (QED) is 0.641. The first-order chi connectivity index (χ1) is 11.5. The van der Waals surface area contributed by atoms with Crippen LogP contribution >= 0.6 is 0 Å². The molecule has 0 aliphatic rings. The molecular weight excluding hydrogens is 314 g/mol. The lowest BCUT2D eigenvalue weighted by Crippen LogP contribution is -2.43. The molecule has 0 fully saturated rings. The van der Waals surface area contributed by atoms with Crippen LogP contribution in [0.25, 0.3) is 0 Å². The Morgan fingerprint density at radius 2 is 1.75 bits per heavy atom. The number of carbonyl (C=O) groups is 2. The minimum Gasteiger partial charge on any atom is -0.483 e. The molecule has 2 aromatic carbocycles. The number of benzene rings is 2. The average molecular weight is 329 g/mol. The van der Waals surface area contributed by atoms with Crippen molar-refractivity contribution in [1.29, 1.82) is 0 Å². The average Bonchev–Trinajstić information content (AvgIpc) is 2.59. The molecule has 0 atom stereocenters.